The van der Waals surface area contributed by atoms with Crippen LogP contribution in [0.1, 0.15) is 22.3 Å². The Labute approximate surface area is 153 Å². The van der Waals surface area contributed by atoms with Crippen molar-refractivity contribution in [3.05, 3.63) is 124 Å². The molecular formula is C26H14. The van der Waals surface area contributed by atoms with Crippen molar-refractivity contribution in [2.75, 3.05) is 0 Å². The molecule has 0 aromatic heterocycles. The Kier molecular flexibility index (Phi) is 4.39. The summed E-state index contributed by atoms with van der Waals surface area (Å²) in [6, 6.07) is 16.2. The minimum Gasteiger partial charge on any atom is -0.112 e. The summed E-state index contributed by atoms with van der Waals surface area (Å²) in [6.45, 7) is 0. The van der Waals surface area contributed by atoms with Gasteiger partial charge in [-0.25, -0.2) is 0 Å². The van der Waals surface area contributed by atoms with E-state index < -0.39 is 0 Å². The van der Waals surface area contributed by atoms with Crippen molar-refractivity contribution in [1.82, 2.24) is 0 Å². The van der Waals surface area contributed by atoms with Crippen molar-refractivity contribution in [3.63, 3.8) is 0 Å². The molecule has 0 saturated carbocycles. The van der Waals surface area contributed by atoms with Gasteiger partial charge in [0, 0.05) is 22.3 Å². The molecule has 0 aliphatic heterocycles. The van der Waals surface area contributed by atoms with Crippen LogP contribution in [0.25, 0.3) is 5.57 Å². The number of benzene rings is 2. The fourth-order valence-electron chi connectivity index (χ4n) is 2.57. The van der Waals surface area contributed by atoms with Crippen molar-refractivity contribution < 1.29 is 0 Å². The second-order valence-electron chi connectivity index (χ2n) is 5.82. The predicted molar refractivity (Wildman–Crippen MR) is 107 cm³/mol. The number of hydrogen-bond acceptors (Lipinski definition) is 0. The lowest BCUT2D eigenvalue weighted by molar-refractivity contribution is 1.58. The van der Waals surface area contributed by atoms with E-state index in [0.717, 1.165) is 33.4 Å². The predicted octanol–water partition coefficient (Wildman–Crippen LogP) is 5.20. The normalized spacial score (nSPS) is 12.9. The molecule has 0 atom stereocenters. The molecule has 0 heterocycles. The Bertz CT molecular complexity index is 1160. The standard InChI is InChI=1S/C26H14/c1-2-6-21(5-1)9-10-22-11-13-23(14-12-22)15-16-24-17-19-26(20-18-24)25-7-3-4-8-25/h1-5,7,11-14,17-20H. The van der Waals surface area contributed by atoms with Crippen molar-refractivity contribution in [1.29, 1.82) is 0 Å². The van der Waals surface area contributed by atoms with Gasteiger partial charge < -0.3 is 0 Å². The monoisotopic (exact) mass is 326 g/mol. The minimum absolute atomic E-state index is 0.914. The summed E-state index contributed by atoms with van der Waals surface area (Å²) >= 11 is 0. The van der Waals surface area contributed by atoms with Gasteiger partial charge >= 0.3 is 0 Å². The van der Waals surface area contributed by atoms with E-state index in [9.17, 15) is 0 Å². The molecule has 0 unspecified atom stereocenters. The maximum absolute atomic E-state index is 3.21. The Morgan fingerprint density at radius 2 is 1.08 bits per heavy atom. The second kappa shape index (κ2) is 7.32. The molecule has 0 radical (unpaired) electrons. The van der Waals surface area contributed by atoms with Crippen LogP contribution in [0.5, 0.6) is 0 Å². The van der Waals surface area contributed by atoms with Gasteiger partial charge in [0.2, 0.25) is 0 Å². The molecule has 2 aliphatic carbocycles. The first kappa shape index (κ1) is 15.6. The smallest absolute Gasteiger partial charge is 0.0667 e. The van der Waals surface area contributed by atoms with Crippen molar-refractivity contribution in [3.8, 4) is 23.7 Å². The van der Waals surface area contributed by atoms with Gasteiger partial charge in [0.15, 0.2) is 0 Å². The maximum Gasteiger partial charge on any atom is 0.0667 e. The lowest BCUT2D eigenvalue weighted by Crippen LogP contribution is -1.81. The Morgan fingerprint density at radius 1 is 0.538 bits per heavy atom. The first-order chi connectivity index (χ1) is 12.9. The first-order valence-electron chi connectivity index (χ1n) is 8.38. The summed E-state index contributed by atoms with van der Waals surface area (Å²) in [4.78, 5) is 0. The van der Waals surface area contributed by atoms with Gasteiger partial charge in [-0.15, -0.1) is 11.5 Å². The lowest BCUT2D eigenvalue weighted by Gasteiger charge is -1.98. The molecule has 0 amide bonds. The van der Waals surface area contributed by atoms with E-state index in [2.05, 4.69) is 53.4 Å². The van der Waals surface area contributed by atoms with E-state index in [-0.39, 0.29) is 0 Å². The Hall–Kier alpha value is -3.92. The molecule has 2 aromatic rings. The molecule has 4 rings (SSSR count). The molecule has 0 spiro atoms. The third kappa shape index (κ3) is 3.76. The molecule has 0 bridgehead atoms. The van der Waals surface area contributed by atoms with Crippen LogP contribution in [0.2, 0.25) is 0 Å². The summed E-state index contributed by atoms with van der Waals surface area (Å²) in [5.74, 6) is 12.6. The van der Waals surface area contributed by atoms with Crippen LogP contribution in [0.4, 0.5) is 0 Å². The Balaban J connectivity index is 1.46. The van der Waals surface area contributed by atoms with Gasteiger partial charge in [-0.2, -0.15) is 0 Å². The average Bonchev–Trinajstić information content (AvgIpc) is 3.40. The van der Waals surface area contributed by atoms with Crippen molar-refractivity contribution in [2.45, 2.75) is 0 Å². The van der Waals surface area contributed by atoms with Gasteiger partial charge in [-0.3, -0.25) is 0 Å². The third-order valence-corrected chi connectivity index (χ3v) is 3.97. The molecule has 0 N–H and O–H groups in total. The van der Waals surface area contributed by atoms with Gasteiger partial charge in [-0.1, -0.05) is 48.0 Å². The van der Waals surface area contributed by atoms with E-state index in [0.29, 0.717) is 0 Å². The van der Waals surface area contributed by atoms with Gasteiger partial charge in [-0.05, 0) is 66.3 Å². The van der Waals surface area contributed by atoms with E-state index >= 15 is 0 Å². The molecule has 0 fully saturated rings. The van der Waals surface area contributed by atoms with Crippen molar-refractivity contribution >= 4 is 5.57 Å². The fraction of sp³-hybridized carbons (Fsp3) is 0. The van der Waals surface area contributed by atoms with Crippen LogP contribution in [-0.4, -0.2) is 0 Å². The highest BCUT2D eigenvalue weighted by atomic mass is 14.0. The summed E-state index contributed by atoms with van der Waals surface area (Å²) in [6.07, 6.45) is 11.7. The van der Waals surface area contributed by atoms with Crippen molar-refractivity contribution in [2.24, 2.45) is 0 Å². The topological polar surface area (TPSA) is 0 Å². The molecule has 0 heteroatoms. The van der Waals surface area contributed by atoms with E-state index in [1.807, 2.05) is 66.8 Å². The van der Waals surface area contributed by atoms with Crippen LogP contribution >= 0.6 is 0 Å². The van der Waals surface area contributed by atoms with Gasteiger partial charge in [0.1, 0.15) is 0 Å². The van der Waals surface area contributed by atoms with Crippen LogP contribution in [0.15, 0.2) is 102 Å². The zero-order chi connectivity index (χ0) is 17.6. The van der Waals surface area contributed by atoms with E-state index in [1.165, 1.54) is 0 Å². The third-order valence-electron chi connectivity index (χ3n) is 3.97. The summed E-state index contributed by atoms with van der Waals surface area (Å²) in [5.41, 5.74) is 12.4. The van der Waals surface area contributed by atoms with Crippen LogP contribution in [0, 0.1) is 23.7 Å². The molecule has 0 nitrogen and oxygen atoms in total. The minimum atomic E-state index is 0.914. The molecular weight excluding hydrogens is 312 g/mol. The van der Waals surface area contributed by atoms with E-state index in [4.69, 9.17) is 0 Å². The molecule has 118 valence electrons. The molecule has 26 heavy (non-hydrogen) atoms. The highest BCUT2D eigenvalue weighted by Crippen LogP contribution is 2.18. The first-order valence-corrected chi connectivity index (χ1v) is 8.38. The second-order valence-corrected chi connectivity index (χ2v) is 5.82. The van der Waals surface area contributed by atoms with E-state index in [1.54, 1.807) is 0 Å². The maximum atomic E-state index is 3.21. The van der Waals surface area contributed by atoms with Gasteiger partial charge in [0.25, 0.3) is 0 Å². The number of rotatable bonds is 1. The zero-order valence-corrected chi connectivity index (χ0v) is 14.1. The Morgan fingerprint density at radius 3 is 1.62 bits per heavy atom. The zero-order valence-electron chi connectivity index (χ0n) is 14.1. The quantitative estimate of drug-likeness (QED) is 0.499. The van der Waals surface area contributed by atoms with Gasteiger partial charge in [0.05, 0.1) is 5.57 Å². The SMILES string of the molecule is C1=CC=CC=1C#Cc1ccc(C#Cc2ccc(C3=C=CC=C3)cc2)cc1. The van der Waals surface area contributed by atoms with Crippen LogP contribution in [0.3, 0.4) is 0 Å². The molecule has 2 aliphatic rings. The summed E-state index contributed by atoms with van der Waals surface area (Å²) < 4.78 is 0. The lowest BCUT2D eigenvalue weighted by atomic mass is 10.1. The molecule has 0 saturated heterocycles. The highest BCUT2D eigenvalue weighted by Gasteiger charge is 1.98. The fourth-order valence-corrected chi connectivity index (χ4v) is 2.57. The summed E-state index contributed by atoms with van der Waals surface area (Å²) in [5, 5.41) is 0. The average molecular weight is 326 g/mol. The number of allylic oxidation sites excluding steroid dienone is 6. The largest absolute Gasteiger partial charge is 0.112 e. The molecule has 2 aromatic carbocycles. The number of hydrogen-bond donors (Lipinski definition) is 0. The highest BCUT2D eigenvalue weighted by molar-refractivity contribution is 5.76. The van der Waals surface area contributed by atoms with Crippen LogP contribution < -0.4 is 0 Å². The summed E-state index contributed by atoms with van der Waals surface area (Å²) in [7, 11) is 0. The van der Waals surface area contributed by atoms with Crippen LogP contribution in [-0.2, 0) is 0 Å².